The Kier molecular flexibility index (Phi) is 6.49. The molecule has 0 aromatic heterocycles. The van der Waals surface area contributed by atoms with E-state index in [1.165, 1.54) is 32.1 Å². The van der Waals surface area contributed by atoms with Gasteiger partial charge in [-0.05, 0) is 0 Å². The molecule has 0 spiro atoms. The molecule has 0 nitrogen and oxygen atoms in total. The average molecular weight is 143 g/mol. The Labute approximate surface area is 62.5 Å². The lowest BCUT2D eigenvalue weighted by molar-refractivity contribution is 0.624. The summed E-state index contributed by atoms with van der Waals surface area (Å²) in [5.74, 6) is 0. The summed E-state index contributed by atoms with van der Waals surface area (Å²) in [4.78, 5) is 0. The third-order valence-electron chi connectivity index (χ3n) is 1.55. The molecule has 0 heterocycles. The molecule has 1 radical (unpaired) electrons. The molecule has 0 bridgehead atoms. The minimum Gasteiger partial charge on any atom is -0.0657 e. The fraction of sp³-hybridized carbons (Fsp3) is 1.00. The maximum atomic E-state index is 2.31. The molecular weight excluding hydrogens is 124 g/mol. The van der Waals surface area contributed by atoms with Crippen LogP contribution in [0.5, 0.6) is 0 Å². The van der Waals surface area contributed by atoms with E-state index in [0.717, 1.165) is 5.54 Å². The van der Waals surface area contributed by atoms with Gasteiger partial charge in [-0.3, -0.25) is 0 Å². The van der Waals surface area contributed by atoms with Gasteiger partial charge in [0.05, 0.1) is 0 Å². The van der Waals surface area contributed by atoms with Crippen LogP contribution < -0.4 is 0 Å². The van der Waals surface area contributed by atoms with E-state index in [1.54, 1.807) is 0 Å². The second kappa shape index (κ2) is 6.34. The summed E-state index contributed by atoms with van der Waals surface area (Å²) in [6.07, 6.45) is 7.10. The van der Waals surface area contributed by atoms with Gasteiger partial charge in [0.25, 0.3) is 0 Å². The van der Waals surface area contributed by atoms with E-state index in [9.17, 15) is 0 Å². The normalized spacial score (nSPS) is 13.7. The summed E-state index contributed by atoms with van der Waals surface area (Å²) in [6.45, 7) is 4.57. The molecule has 0 fully saturated rings. The van der Waals surface area contributed by atoms with Crippen molar-refractivity contribution in [2.24, 2.45) is 0 Å². The number of rotatable bonds is 5. The summed E-state index contributed by atoms with van der Waals surface area (Å²) in [7, 11) is 2.12. The first-order chi connectivity index (χ1) is 4.27. The summed E-state index contributed by atoms with van der Waals surface area (Å²) < 4.78 is 0. The largest absolute Gasteiger partial charge is 0.0657 e. The molecule has 9 heavy (non-hydrogen) atoms. The van der Waals surface area contributed by atoms with Crippen molar-refractivity contribution in [2.45, 2.75) is 51.5 Å². The Balaban J connectivity index is 2.75. The van der Waals surface area contributed by atoms with Crippen LogP contribution in [0.25, 0.3) is 0 Å². The van der Waals surface area contributed by atoms with E-state index in [1.807, 2.05) is 0 Å². The van der Waals surface area contributed by atoms with E-state index in [-0.39, 0.29) is 0 Å². The van der Waals surface area contributed by atoms with Gasteiger partial charge in [0.15, 0.2) is 0 Å². The quantitative estimate of drug-likeness (QED) is 0.409. The number of unbranched alkanes of at least 4 members (excludes halogenated alkanes) is 3. The van der Waals surface area contributed by atoms with E-state index in [2.05, 4.69) is 24.1 Å². The van der Waals surface area contributed by atoms with E-state index in [4.69, 9.17) is 0 Å². The van der Waals surface area contributed by atoms with Crippen molar-refractivity contribution in [2.75, 3.05) is 0 Å². The Morgan fingerprint density at radius 2 is 1.89 bits per heavy atom. The average Bonchev–Trinajstić information content (AvgIpc) is 1.80. The smallest absolute Gasteiger partial charge is 0.0118 e. The third kappa shape index (κ3) is 8.22. The minimum atomic E-state index is 0.932. The van der Waals surface area contributed by atoms with Gasteiger partial charge in [-0.25, -0.2) is 0 Å². The molecule has 0 saturated heterocycles. The standard InChI is InChI=1S/C8H19Si/c1-3-4-5-6-7-8(2)9/h8H,3-7,9H2,1-2H3. The lowest BCUT2D eigenvalue weighted by Gasteiger charge is -2.01. The van der Waals surface area contributed by atoms with E-state index >= 15 is 0 Å². The monoisotopic (exact) mass is 143 g/mol. The number of hydrogen-bond donors (Lipinski definition) is 0. The fourth-order valence-corrected chi connectivity index (χ4v) is 1.21. The molecule has 0 aliphatic heterocycles. The Morgan fingerprint density at radius 3 is 2.33 bits per heavy atom. The second-order valence-corrected chi connectivity index (χ2v) is 4.35. The molecule has 0 aliphatic rings. The van der Waals surface area contributed by atoms with Gasteiger partial charge in [0, 0.05) is 10.2 Å². The maximum absolute atomic E-state index is 2.31. The van der Waals surface area contributed by atoms with Gasteiger partial charge in [-0.15, -0.1) is 0 Å². The molecule has 55 valence electrons. The fourth-order valence-electron chi connectivity index (χ4n) is 0.920. The lowest BCUT2D eigenvalue weighted by atomic mass is 10.1. The van der Waals surface area contributed by atoms with E-state index in [0.29, 0.717) is 0 Å². The molecule has 0 N–H and O–H groups in total. The van der Waals surface area contributed by atoms with E-state index < -0.39 is 0 Å². The minimum absolute atomic E-state index is 0.932. The first kappa shape index (κ1) is 9.22. The van der Waals surface area contributed by atoms with Crippen molar-refractivity contribution in [3.8, 4) is 0 Å². The van der Waals surface area contributed by atoms with Crippen LogP contribution in [-0.2, 0) is 0 Å². The van der Waals surface area contributed by atoms with Crippen LogP contribution in [0, 0.1) is 0 Å². The molecule has 0 aliphatic carbocycles. The van der Waals surface area contributed by atoms with Gasteiger partial charge < -0.3 is 0 Å². The molecule has 1 unspecified atom stereocenters. The van der Waals surface area contributed by atoms with Crippen LogP contribution in [0.3, 0.4) is 0 Å². The second-order valence-electron chi connectivity index (χ2n) is 2.95. The SMILES string of the molecule is CCCCCCC(C)[SiH2]. The van der Waals surface area contributed by atoms with Crippen LogP contribution in [0.1, 0.15) is 46.0 Å². The van der Waals surface area contributed by atoms with Crippen molar-refractivity contribution in [1.29, 1.82) is 0 Å². The summed E-state index contributed by atoms with van der Waals surface area (Å²) in [5.41, 5.74) is 0.932. The van der Waals surface area contributed by atoms with Crippen LogP contribution >= 0.6 is 0 Å². The highest BCUT2D eigenvalue weighted by atomic mass is 28.1. The molecule has 0 aromatic rings. The molecular formula is C8H19Si. The zero-order chi connectivity index (χ0) is 7.11. The molecule has 0 rings (SSSR count). The summed E-state index contributed by atoms with van der Waals surface area (Å²) >= 11 is 0. The molecule has 1 atom stereocenters. The van der Waals surface area contributed by atoms with Gasteiger partial charge in [-0.2, -0.15) is 0 Å². The summed E-state index contributed by atoms with van der Waals surface area (Å²) in [6, 6.07) is 0. The van der Waals surface area contributed by atoms with Crippen LogP contribution in [0.4, 0.5) is 0 Å². The molecule has 0 amide bonds. The van der Waals surface area contributed by atoms with Gasteiger partial charge in [0.2, 0.25) is 0 Å². The van der Waals surface area contributed by atoms with Gasteiger partial charge in [0.1, 0.15) is 0 Å². The highest BCUT2D eigenvalue weighted by molar-refractivity contribution is 6.11. The van der Waals surface area contributed by atoms with Crippen molar-refractivity contribution >= 4 is 10.2 Å². The Bertz CT molecular complexity index is 50.5. The topological polar surface area (TPSA) is 0 Å². The van der Waals surface area contributed by atoms with Crippen LogP contribution in [0.15, 0.2) is 0 Å². The molecule has 0 aromatic carbocycles. The Hall–Kier alpha value is 0.217. The van der Waals surface area contributed by atoms with Crippen molar-refractivity contribution in [3.63, 3.8) is 0 Å². The highest BCUT2D eigenvalue weighted by Crippen LogP contribution is 2.10. The predicted molar refractivity (Wildman–Crippen MR) is 46.7 cm³/mol. The summed E-state index contributed by atoms with van der Waals surface area (Å²) in [5, 5.41) is 0. The van der Waals surface area contributed by atoms with Crippen molar-refractivity contribution < 1.29 is 0 Å². The van der Waals surface area contributed by atoms with Gasteiger partial charge in [-0.1, -0.05) is 51.5 Å². The first-order valence-electron chi connectivity index (χ1n) is 4.10. The van der Waals surface area contributed by atoms with Gasteiger partial charge >= 0.3 is 0 Å². The zero-order valence-corrected chi connectivity index (χ0v) is 8.23. The first-order valence-corrected chi connectivity index (χ1v) is 4.92. The Morgan fingerprint density at radius 1 is 1.22 bits per heavy atom. The van der Waals surface area contributed by atoms with Crippen LogP contribution in [0.2, 0.25) is 5.54 Å². The zero-order valence-electron chi connectivity index (χ0n) is 6.82. The lowest BCUT2D eigenvalue weighted by Crippen LogP contribution is -1.85. The van der Waals surface area contributed by atoms with Crippen LogP contribution in [-0.4, -0.2) is 10.2 Å². The maximum Gasteiger partial charge on any atom is 0.0118 e. The van der Waals surface area contributed by atoms with Crippen molar-refractivity contribution in [3.05, 3.63) is 0 Å². The highest BCUT2D eigenvalue weighted by Gasteiger charge is 1.92. The molecule has 1 heteroatoms. The van der Waals surface area contributed by atoms with Crippen molar-refractivity contribution in [1.82, 2.24) is 0 Å². The molecule has 0 saturated carbocycles. The number of hydrogen-bond acceptors (Lipinski definition) is 0. The third-order valence-corrected chi connectivity index (χ3v) is 1.96. The predicted octanol–water partition coefficient (Wildman–Crippen LogP) is 2.40.